The number of carbonyl (C=O) groups excluding carboxylic acids is 3. The minimum atomic E-state index is -1.39. The number of hydrogen-bond acceptors (Lipinski definition) is 7. The number of aromatic nitrogens is 2. The summed E-state index contributed by atoms with van der Waals surface area (Å²) in [6.07, 6.45) is 4.72. The molecule has 1 unspecified atom stereocenters. The molecule has 2 aromatic heterocycles. The van der Waals surface area contributed by atoms with Crippen LogP contribution in [0.1, 0.15) is 6.92 Å². The lowest BCUT2D eigenvalue weighted by atomic mass is 10.1. The number of amides is 4. The largest absolute Gasteiger partial charge is 0.505 e. The molecule has 1 saturated heterocycles. The average Bonchev–Trinajstić information content (AvgIpc) is 3.49. The molecule has 2 aliphatic heterocycles. The van der Waals surface area contributed by atoms with Gasteiger partial charge in [0, 0.05) is 30.9 Å². The van der Waals surface area contributed by atoms with E-state index in [1.165, 1.54) is 35.1 Å². The normalized spacial score (nSPS) is 17.3. The molecule has 1 N–H and O–H groups in total. The van der Waals surface area contributed by atoms with E-state index in [0.717, 1.165) is 28.8 Å². The highest BCUT2D eigenvalue weighted by Crippen LogP contribution is 2.33. The molecule has 2 aliphatic rings. The van der Waals surface area contributed by atoms with E-state index < -0.39 is 35.4 Å². The van der Waals surface area contributed by atoms with Crippen LogP contribution < -0.4 is 19.9 Å². The quantitative estimate of drug-likeness (QED) is 0.256. The van der Waals surface area contributed by atoms with Crippen molar-refractivity contribution >= 4 is 46.6 Å². The fourth-order valence-electron chi connectivity index (χ4n) is 4.98. The molecule has 1 fully saturated rings. The van der Waals surface area contributed by atoms with Gasteiger partial charge in [-0.3, -0.25) is 4.79 Å². The summed E-state index contributed by atoms with van der Waals surface area (Å²) >= 11 is 0. The van der Waals surface area contributed by atoms with Crippen molar-refractivity contribution in [2.45, 2.75) is 6.92 Å². The summed E-state index contributed by atoms with van der Waals surface area (Å²) in [5, 5.41) is 6.85. The SMILES string of the molecule is CC[N+]1=CC(C(=O)Nc2ccc(Oc3cc(N4CCOCC4)cn4nccc34)c(F)c2)C(=O)N(c2ccc(F)cc2)C1=O. The molecule has 0 radical (unpaired) electrons. The number of hydrogen-bond donors (Lipinski definition) is 1. The number of anilines is 3. The van der Waals surface area contributed by atoms with Crippen molar-refractivity contribution in [1.82, 2.24) is 9.61 Å². The van der Waals surface area contributed by atoms with Gasteiger partial charge in [0.1, 0.15) is 17.0 Å². The molecule has 4 aromatic rings. The Balaban J connectivity index is 1.22. The molecule has 0 saturated carbocycles. The second kappa shape index (κ2) is 11.6. The maximum Gasteiger partial charge on any atom is 0.505 e. The van der Waals surface area contributed by atoms with Crippen molar-refractivity contribution in [2.75, 3.05) is 48.0 Å². The predicted octanol–water partition coefficient (Wildman–Crippen LogP) is 4.07. The standard InChI is InChI=1S/C30H26F2N6O5/c1-2-35-18-23(29(40)38(30(35)41)21-6-3-19(31)4-7-21)28(39)34-20-5-8-26(24(32)15-20)43-27-16-22(36-11-13-42-14-12-36)17-37-25(27)9-10-33-37/h3-10,15-18,23H,2,11-14H2,1H3/p+1. The van der Waals surface area contributed by atoms with Crippen LogP contribution in [0.4, 0.5) is 30.6 Å². The molecule has 4 amide bonds. The second-order valence-electron chi connectivity index (χ2n) is 9.90. The van der Waals surface area contributed by atoms with E-state index in [1.54, 1.807) is 23.7 Å². The van der Waals surface area contributed by atoms with Gasteiger partial charge in [-0.1, -0.05) is 0 Å². The second-order valence-corrected chi connectivity index (χ2v) is 9.90. The molecule has 0 spiro atoms. The summed E-state index contributed by atoms with van der Waals surface area (Å²) in [6.45, 7) is 4.45. The predicted molar refractivity (Wildman–Crippen MR) is 153 cm³/mol. The Kier molecular flexibility index (Phi) is 7.55. The number of halogens is 2. The highest BCUT2D eigenvalue weighted by atomic mass is 19.1. The Morgan fingerprint density at radius 3 is 2.53 bits per heavy atom. The van der Waals surface area contributed by atoms with Crippen molar-refractivity contribution in [2.24, 2.45) is 5.92 Å². The average molecular weight is 590 g/mol. The number of nitrogens with one attached hydrogen (secondary N) is 1. The lowest BCUT2D eigenvalue weighted by Gasteiger charge is -2.29. The van der Waals surface area contributed by atoms with Gasteiger partial charge in [-0.25, -0.2) is 22.7 Å². The fourth-order valence-corrected chi connectivity index (χ4v) is 4.98. The number of nitrogens with zero attached hydrogens (tertiary/aromatic N) is 5. The number of imide groups is 1. The van der Waals surface area contributed by atoms with Crippen LogP contribution in [0.5, 0.6) is 11.5 Å². The zero-order valence-corrected chi connectivity index (χ0v) is 23.1. The summed E-state index contributed by atoms with van der Waals surface area (Å²) in [6, 6.07) is 11.6. The van der Waals surface area contributed by atoms with Gasteiger partial charge in [0.25, 0.3) is 0 Å². The Morgan fingerprint density at radius 1 is 1.05 bits per heavy atom. The molecular weight excluding hydrogens is 562 g/mol. The fraction of sp³-hybridized carbons (Fsp3) is 0.233. The molecular formula is C30H27F2N6O5+. The number of pyridine rings is 1. The van der Waals surface area contributed by atoms with Crippen LogP contribution in [-0.2, 0) is 14.3 Å². The molecule has 0 aliphatic carbocycles. The van der Waals surface area contributed by atoms with E-state index in [1.807, 2.05) is 12.3 Å². The number of carbonyl (C=O) groups is 3. The minimum Gasteiger partial charge on any atom is -0.452 e. The first-order valence-corrected chi connectivity index (χ1v) is 13.7. The number of rotatable bonds is 7. The molecule has 43 heavy (non-hydrogen) atoms. The van der Waals surface area contributed by atoms with E-state index >= 15 is 4.39 Å². The Bertz CT molecular complexity index is 1750. The van der Waals surface area contributed by atoms with Crippen molar-refractivity contribution in [3.63, 3.8) is 0 Å². The Hall–Kier alpha value is -5.17. The van der Waals surface area contributed by atoms with E-state index in [2.05, 4.69) is 15.3 Å². The number of fused-ring (bicyclic) bond motifs is 1. The van der Waals surface area contributed by atoms with E-state index in [0.29, 0.717) is 37.6 Å². The van der Waals surface area contributed by atoms with E-state index in [4.69, 9.17) is 9.47 Å². The summed E-state index contributed by atoms with van der Waals surface area (Å²) in [7, 11) is 0. The summed E-state index contributed by atoms with van der Waals surface area (Å²) in [5.41, 5.74) is 1.70. The zero-order chi connectivity index (χ0) is 30.1. The van der Waals surface area contributed by atoms with Gasteiger partial charge < -0.3 is 19.7 Å². The maximum atomic E-state index is 15.3. The molecule has 220 valence electrons. The molecule has 0 bridgehead atoms. The van der Waals surface area contributed by atoms with Crippen molar-refractivity contribution in [3.8, 4) is 11.5 Å². The first-order valence-electron chi connectivity index (χ1n) is 13.7. The molecule has 11 nitrogen and oxygen atoms in total. The van der Waals surface area contributed by atoms with Crippen LogP contribution in [0.3, 0.4) is 0 Å². The van der Waals surface area contributed by atoms with Crippen molar-refractivity contribution in [1.29, 1.82) is 0 Å². The van der Waals surface area contributed by atoms with Crippen LogP contribution in [-0.4, -0.2) is 71.1 Å². The number of ether oxygens (including phenoxy) is 2. The van der Waals surface area contributed by atoms with Crippen LogP contribution in [0.25, 0.3) is 5.52 Å². The first-order chi connectivity index (χ1) is 20.8. The highest BCUT2D eigenvalue weighted by molar-refractivity contribution is 6.28. The molecule has 4 heterocycles. The van der Waals surface area contributed by atoms with Crippen LogP contribution >= 0.6 is 0 Å². The van der Waals surface area contributed by atoms with Gasteiger partial charge in [-0.15, -0.1) is 4.90 Å². The lowest BCUT2D eigenvalue weighted by Crippen LogP contribution is -2.54. The summed E-state index contributed by atoms with van der Waals surface area (Å²) in [4.78, 5) is 42.3. The van der Waals surface area contributed by atoms with Gasteiger partial charge in [-0.2, -0.15) is 9.89 Å². The number of urea groups is 1. The lowest BCUT2D eigenvalue weighted by molar-refractivity contribution is -0.419. The highest BCUT2D eigenvalue weighted by Gasteiger charge is 2.47. The minimum absolute atomic E-state index is 0.0780. The maximum absolute atomic E-state index is 15.3. The zero-order valence-electron chi connectivity index (χ0n) is 23.1. The topological polar surface area (TPSA) is 108 Å². The third-order valence-electron chi connectivity index (χ3n) is 7.21. The van der Waals surface area contributed by atoms with Gasteiger partial charge >= 0.3 is 11.9 Å². The van der Waals surface area contributed by atoms with Crippen LogP contribution in [0.15, 0.2) is 67.0 Å². The van der Waals surface area contributed by atoms with Crippen LogP contribution in [0.2, 0.25) is 0 Å². The summed E-state index contributed by atoms with van der Waals surface area (Å²) < 4.78 is 43.0. The Morgan fingerprint density at radius 2 is 1.81 bits per heavy atom. The van der Waals surface area contributed by atoms with Gasteiger partial charge in [0.2, 0.25) is 5.91 Å². The monoisotopic (exact) mass is 589 g/mol. The Labute approximate surface area is 244 Å². The van der Waals surface area contributed by atoms with Crippen LogP contribution in [0, 0.1) is 17.6 Å². The number of morpholine rings is 1. The third-order valence-corrected chi connectivity index (χ3v) is 7.21. The van der Waals surface area contributed by atoms with E-state index in [9.17, 15) is 18.8 Å². The molecule has 1 atom stereocenters. The molecule has 13 heteroatoms. The molecule has 2 aromatic carbocycles. The summed E-state index contributed by atoms with van der Waals surface area (Å²) in [5.74, 6) is -3.94. The van der Waals surface area contributed by atoms with Crippen molar-refractivity contribution in [3.05, 3.63) is 78.6 Å². The first kappa shape index (κ1) is 28.0. The van der Waals surface area contributed by atoms with Gasteiger partial charge in [0.15, 0.2) is 23.2 Å². The van der Waals surface area contributed by atoms with E-state index in [-0.39, 0.29) is 23.7 Å². The smallest absolute Gasteiger partial charge is 0.452 e. The van der Waals surface area contributed by atoms with Gasteiger partial charge in [-0.05, 0) is 49.4 Å². The number of benzene rings is 2. The van der Waals surface area contributed by atoms with Gasteiger partial charge in [0.05, 0.1) is 44.1 Å². The van der Waals surface area contributed by atoms with Crippen molar-refractivity contribution < 1.29 is 37.2 Å². The third kappa shape index (κ3) is 5.54. The molecule has 6 rings (SSSR count).